The van der Waals surface area contributed by atoms with E-state index >= 15 is 0 Å². The van der Waals surface area contributed by atoms with Crippen LogP contribution in [0, 0.1) is 6.92 Å². The molecule has 0 aliphatic carbocycles. The topological polar surface area (TPSA) is 25.8 Å². The van der Waals surface area contributed by atoms with Gasteiger partial charge in [0.1, 0.15) is 10.9 Å². The number of hydrogen-bond acceptors (Lipinski definition) is 3. The van der Waals surface area contributed by atoms with Crippen LogP contribution in [0.25, 0.3) is 10.9 Å². The lowest BCUT2D eigenvalue weighted by Crippen LogP contribution is -1.93. The van der Waals surface area contributed by atoms with Crippen LogP contribution in [-0.2, 0) is 5.75 Å². The largest absolute Gasteiger partial charge is 0.233 e. The number of nitrogens with zero attached hydrogens (tertiary/aromatic N) is 2. The maximum absolute atomic E-state index is 6.21. The summed E-state index contributed by atoms with van der Waals surface area (Å²) in [6.07, 6.45) is 0. The van der Waals surface area contributed by atoms with Gasteiger partial charge in [0.25, 0.3) is 0 Å². The minimum atomic E-state index is 0.650. The lowest BCUT2D eigenvalue weighted by atomic mass is 10.2. The molecule has 3 aromatic rings. The van der Waals surface area contributed by atoms with Crippen LogP contribution in [0.5, 0.6) is 0 Å². The molecule has 0 saturated heterocycles. The maximum atomic E-state index is 6.21. The molecule has 3 rings (SSSR count). The molecule has 21 heavy (non-hydrogen) atoms. The minimum Gasteiger partial charge on any atom is -0.233 e. The average Bonchev–Trinajstić information content (AvgIpc) is 2.46. The second kappa shape index (κ2) is 6.22. The van der Waals surface area contributed by atoms with Crippen molar-refractivity contribution in [3.05, 3.63) is 63.9 Å². The first-order valence-corrected chi connectivity index (χ1v) is 8.18. The van der Waals surface area contributed by atoms with Gasteiger partial charge in [0.05, 0.1) is 5.52 Å². The van der Waals surface area contributed by atoms with Crippen molar-refractivity contribution in [1.82, 2.24) is 9.97 Å². The molecule has 0 fully saturated rings. The first-order chi connectivity index (χ1) is 10.1. The average molecular weight is 335 g/mol. The molecular weight excluding hydrogens is 323 g/mol. The van der Waals surface area contributed by atoms with E-state index in [1.54, 1.807) is 17.8 Å². The van der Waals surface area contributed by atoms with E-state index in [-0.39, 0.29) is 0 Å². The second-order valence-electron chi connectivity index (χ2n) is 4.62. The lowest BCUT2D eigenvalue weighted by Gasteiger charge is -2.08. The number of para-hydroxylation sites is 1. The zero-order valence-corrected chi connectivity index (χ0v) is 13.6. The molecule has 1 heterocycles. The summed E-state index contributed by atoms with van der Waals surface area (Å²) in [6, 6.07) is 13.6. The van der Waals surface area contributed by atoms with Gasteiger partial charge in [-0.1, -0.05) is 47.5 Å². The second-order valence-corrected chi connectivity index (χ2v) is 6.43. The molecule has 0 radical (unpaired) electrons. The fraction of sp³-hybridized carbons (Fsp3) is 0.125. The number of aryl methyl sites for hydroxylation is 1. The Balaban J connectivity index is 1.91. The van der Waals surface area contributed by atoms with Crippen LogP contribution in [0.2, 0.25) is 10.0 Å². The van der Waals surface area contributed by atoms with E-state index < -0.39 is 0 Å². The van der Waals surface area contributed by atoms with Crippen molar-refractivity contribution in [1.29, 1.82) is 0 Å². The maximum Gasteiger partial charge on any atom is 0.127 e. The van der Waals surface area contributed by atoms with E-state index in [0.29, 0.717) is 10.0 Å². The van der Waals surface area contributed by atoms with Crippen molar-refractivity contribution in [3.8, 4) is 0 Å². The van der Waals surface area contributed by atoms with Crippen molar-refractivity contribution >= 4 is 45.9 Å². The summed E-state index contributed by atoms with van der Waals surface area (Å²) >= 11 is 13.8. The molecule has 0 saturated carbocycles. The van der Waals surface area contributed by atoms with E-state index in [0.717, 1.165) is 33.1 Å². The molecule has 0 aliphatic heterocycles. The van der Waals surface area contributed by atoms with Gasteiger partial charge in [-0.3, -0.25) is 0 Å². The Morgan fingerprint density at radius 3 is 2.67 bits per heavy atom. The molecular formula is C16H12Cl2N2S. The zero-order valence-electron chi connectivity index (χ0n) is 11.3. The van der Waals surface area contributed by atoms with Crippen LogP contribution in [0.4, 0.5) is 0 Å². The summed E-state index contributed by atoms with van der Waals surface area (Å²) < 4.78 is 0. The molecule has 0 spiro atoms. The lowest BCUT2D eigenvalue weighted by molar-refractivity contribution is 1.01. The van der Waals surface area contributed by atoms with Crippen LogP contribution in [-0.4, -0.2) is 9.97 Å². The molecule has 0 amide bonds. The first-order valence-electron chi connectivity index (χ1n) is 6.43. The molecule has 0 unspecified atom stereocenters. The normalized spacial score (nSPS) is 11.0. The molecule has 2 nitrogen and oxygen atoms in total. The standard InChI is InChI=1S/C16H12Cl2N2S/c1-10-19-15-5-3-2-4-13(15)16(20-10)21-9-11-6-7-12(17)8-14(11)18/h2-8H,9H2,1H3. The summed E-state index contributed by atoms with van der Waals surface area (Å²) in [5.74, 6) is 1.52. The predicted molar refractivity (Wildman–Crippen MR) is 90.3 cm³/mol. The Hall–Kier alpha value is -1.29. The highest BCUT2D eigenvalue weighted by Gasteiger charge is 2.08. The number of fused-ring (bicyclic) bond motifs is 1. The molecule has 106 valence electrons. The number of benzene rings is 2. The number of hydrogen-bond donors (Lipinski definition) is 0. The molecule has 0 aliphatic rings. The van der Waals surface area contributed by atoms with E-state index in [2.05, 4.69) is 9.97 Å². The highest BCUT2D eigenvalue weighted by atomic mass is 35.5. The van der Waals surface area contributed by atoms with Crippen molar-refractivity contribution in [2.45, 2.75) is 17.7 Å². The summed E-state index contributed by atoms with van der Waals surface area (Å²) in [7, 11) is 0. The summed E-state index contributed by atoms with van der Waals surface area (Å²) in [4.78, 5) is 9.00. The third kappa shape index (κ3) is 3.31. The van der Waals surface area contributed by atoms with E-state index in [1.807, 2.05) is 43.3 Å². The van der Waals surface area contributed by atoms with Gasteiger partial charge < -0.3 is 0 Å². The molecule has 5 heteroatoms. The van der Waals surface area contributed by atoms with Crippen molar-refractivity contribution < 1.29 is 0 Å². The quantitative estimate of drug-likeness (QED) is 0.464. The number of halogens is 2. The van der Waals surface area contributed by atoms with Crippen LogP contribution < -0.4 is 0 Å². The third-order valence-electron chi connectivity index (χ3n) is 3.06. The molecule has 0 atom stereocenters. The van der Waals surface area contributed by atoms with Gasteiger partial charge in [-0.05, 0) is 30.7 Å². The number of aromatic nitrogens is 2. The van der Waals surface area contributed by atoms with Gasteiger partial charge in [-0.15, -0.1) is 11.8 Å². The summed E-state index contributed by atoms with van der Waals surface area (Å²) in [5.41, 5.74) is 2.01. The van der Waals surface area contributed by atoms with Gasteiger partial charge >= 0.3 is 0 Å². The van der Waals surface area contributed by atoms with E-state index in [1.165, 1.54) is 0 Å². The number of thioether (sulfide) groups is 1. The van der Waals surface area contributed by atoms with E-state index in [9.17, 15) is 0 Å². The fourth-order valence-corrected chi connectivity index (χ4v) is 3.68. The highest BCUT2D eigenvalue weighted by molar-refractivity contribution is 7.98. The zero-order chi connectivity index (χ0) is 14.8. The van der Waals surface area contributed by atoms with E-state index in [4.69, 9.17) is 23.2 Å². The van der Waals surface area contributed by atoms with Gasteiger partial charge in [0.15, 0.2) is 0 Å². The van der Waals surface area contributed by atoms with Crippen LogP contribution in [0.1, 0.15) is 11.4 Å². The molecule has 2 aromatic carbocycles. The minimum absolute atomic E-state index is 0.650. The van der Waals surface area contributed by atoms with Crippen molar-refractivity contribution in [2.75, 3.05) is 0 Å². The van der Waals surface area contributed by atoms with Gasteiger partial charge in [-0.2, -0.15) is 0 Å². The Kier molecular flexibility index (Phi) is 4.34. The Labute approximate surface area is 137 Å². The van der Waals surface area contributed by atoms with Gasteiger partial charge in [0, 0.05) is 21.2 Å². The first kappa shape index (κ1) is 14.6. The monoisotopic (exact) mass is 334 g/mol. The third-order valence-corrected chi connectivity index (χ3v) is 4.69. The molecule has 1 aromatic heterocycles. The SMILES string of the molecule is Cc1nc(SCc2ccc(Cl)cc2Cl)c2ccccc2n1. The summed E-state index contributed by atoms with van der Waals surface area (Å²) in [6.45, 7) is 1.91. The Morgan fingerprint density at radius 2 is 1.86 bits per heavy atom. The number of rotatable bonds is 3. The van der Waals surface area contributed by atoms with Crippen molar-refractivity contribution in [2.24, 2.45) is 0 Å². The molecule has 0 N–H and O–H groups in total. The highest BCUT2D eigenvalue weighted by Crippen LogP contribution is 2.31. The van der Waals surface area contributed by atoms with Crippen LogP contribution in [0.15, 0.2) is 47.5 Å². The molecule has 0 bridgehead atoms. The van der Waals surface area contributed by atoms with Gasteiger partial charge in [-0.25, -0.2) is 9.97 Å². The fourth-order valence-electron chi connectivity index (χ4n) is 2.05. The van der Waals surface area contributed by atoms with Crippen LogP contribution >= 0.6 is 35.0 Å². The summed E-state index contributed by atoms with van der Waals surface area (Å²) in [5, 5.41) is 3.38. The van der Waals surface area contributed by atoms with Gasteiger partial charge in [0.2, 0.25) is 0 Å². The Morgan fingerprint density at radius 1 is 1.05 bits per heavy atom. The van der Waals surface area contributed by atoms with Crippen LogP contribution in [0.3, 0.4) is 0 Å². The Bertz CT molecular complexity index is 805. The van der Waals surface area contributed by atoms with Crippen molar-refractivity contribution in [3.63, 3.8) is 0 Å². The smallest absolute Gasteiger partial charge is 0.127 e. The predicted octanol–water partition coefficient (Wildman–Crippen LogP) is 5.54.